The first kappa shape index (κ1) is 13.4. The molecular formula is C11H14BrFO3. The Bertz CT molecular complexity index is 320. The Kier molecular flexibility index (Phi) is 6.37. The smallest absolute Gasteiger partial charge is 0.165 e. The molecule has 90 valence electrons. The molecule has 0 aliphatic heterocycles. The van der Waals surface area contributed by atoms with E-state index in [0.717, 1.165) is 4.47 Å². The van der Waals surface area contributed by atoms with Crippen LogP contribution in [0, 0.1) is 5.82 Å². The summed E-state index contributed by atoms with van der Waals surface area (Å²) in [6.07, 6.45) is 0. The van der Waals surface area contributed by atoms with Crippen LogP contribution < -0.4 is 4.74 Å². The van der Waals surface area contributed by atoms with Gasteiger partial charge >= 0.3 is 0 Å². The van der Waals surface area contributed by atoms with Gasteiger partial charge in [0.05, 0.1) is 19.8 Å². The van der Waals surface area contributed by atoms with Gasteiger partial charge in [-0.15, -0.1) is 0 Å². The Balaban J connectivity index is 2.23. The highest BCUT2D eigenvalue weighted by Crippen LogP contribution is 2.21. The molecule has 0 fully saturated rings. The molecule has 0 aliphatic rings. The highest BCUT2D eigenvalue weighted by Gasteiger charge is 2.03. The van der Waals surface area contributed by atoms with Crippen LogP contribution in [0.5, 0.6) is 5.75 Å². The molecule has 0 N–H and O–H groups in total. The van der Waals surface area contributed by atoms with Crippen LogP contribution in [0.3, 0.4) is 0 Å². The molecule has 0 spiro atoms. The number of halogens is 2. The molecule has 1 aromatic rings. The van der Waals surface area contributed by atoms with Gasteiger partial charge in [0.2, 0.25) is 0 Å². The quantitative estimate of drug-likeness (QED) is 0.723. The van der Waals surface area contributed by atoms with Crippen LogP contribution in [-0.4, -0.2) is 33.5 Å². The van der Waals surface area contributed by atoms with Gasteiger partial charge in [-0.1, -0.05) is 15.9 Å². The lowest BCUT2D eigenvalue weighted by atomic mass is 10.3. The standard InChI is InChI=1S/C11H14BrFO3/c1-14-4-5-15-6-7-16-11-8-9(12)2-3-10(11)13/h2-3,8H,4-7H2,1H3. The molecule has 0 aromatic heterocycles. The van der Waals surface area contributed by atoms with E-state index >= 15 is 0 Å². The monoisotopic (exact) mass is 292 g/mol. The third-order valence-corrected chi connectivity index (χ3v) is 2.30. The van der Waals surface area contributed by atoms with Crippen molar-refractivity contribution in [2.24, 2.45) is 0 Å². The van der Waals surface area contributed by atoms with Gasteiger partial charge in [-0.2, -0.15) is 0 Å². The van der Waals surface area contributed by atoms with E-state index in [1.807, 2.05) is 0 Å². The first-order valence-electron chi connectivity index (χ1n) is 4.88. The number of benzene rings is 1. The van der Waals surface area contributed by atoms with E-state index in [9.17, 15) is 4.39 Å². The Hall–Kier alpha value is -0.650. The molecule has 0 radical (unpaired) electrons. The molecule has 1 rings (SSSR count). The Morgan fingerprint density at radius 3 is 2.69 bits per heavy atom. The molecule has 0 amide bonds. The minimum Gasteiger partial charge on any atom is -0.488 e. The van der Waals surface area contributed by atoms with E-state index < -0.39 is 0 Å². The highest BCUT2D eigenvalue weighted by atomic mass is 79.9. The van der Waals surface area contributed by atoms with Crippen molar-refractivity contribution < 1.29 is 18.6 Å². The number of hydrogen-bond acceptors (Lipinski definition) is 3. The lowest BCUT2D eigenvalue weighted by Crippen LogP contribution is -2.10. The van der Waals surface area contributed by atoms with Crippen molar-refractivity contribution in [2.45, 2.75) is 0 Å². The van der Waals surface area contributed by atoms with Gasteiger partial charge in [0.1, 0.15) is 6.61 Å². The van der Waals surface area contributed by atoms with Crippen LogP contribution in [0.4, 0.5) is 4.39 Å². The molecule has 0 saturated heterocycles. The SMILES string of the molecule is COCCOCCOc1cc(Br)ccc1F. The lowest BCUT2D eigenvalue weighted by molar-refractivity contribution is 0.0538. The van der Waals surface area contributed by atoms with Crippen molar-refractivity contribution in [2.75, 3.05) is 33.5 Å². The second-order valence-electron chi connectivity index (χ2n) is 3.03. The third kappa shape index (κ3) is 4.92. The fourth-order valence-corrected chi connectivity index (χ4v) is 1.38. The fourth-order valence-electron chi connectivity index (χ4n) is 1.04. The van der Waals surface area contributed by atoms with Crippen molar-refractivity contribution in [1.82, 2.24) is 0 Å². The molecular weight excluding hydrogens is 279 g/mol. The summed E-state index contributed by atoms with van der Waals surface area (Å²) in [7, 11) is 1.61. The summed E-state index contributed by atoms with van der Waals surface area (Å²) >= 11 is 3.25. The van der Waals surface area contributed by atoms with Crippen molar-refractivity contribution in [3.05, 3.63) is 28.5 Å². The summed E-state index contributed by atoms with van der Waals surface area (Å²) in [5.41, 5.74) is 0. The van der Waals surface area contributed by atoms with E-state index in [0.29, 0.717) is 26.4 Å². The normalized spacial score (nSPS) is 10.4. The van der Waals surface area contributed by atoms with Crippen molar-refractivity contribution in [3.63, 3.8) is 0 Å². The zero-order valence-corrected chi connectivity index (χ0v) is 10.6. The molecule has 0 aliphatic carbocycles. The predicted molar refractivity (Wildman–Crippen MR) is 62.3 cm³/mol. The Labute approximate surface area is 103 Å². The molecule has 0 atom stereocenters. The summed E-state index contributed by atoms with van der Waals surface area (Å²) in [5.74, 6) is -0.148. The van der Waals surface area contributed by atoms with E-state index in [1.54, 1.807) is 19.2 Å². The molecule has 0 unspecified atom stereocenters. The second-order valence-corrected chi connectivity index (χ2v) is 3.94. The lowest BCUT2D eigenvalue weighted by Gasteiger charge is -2.08. The van der Waals surface area contributed by atoms with Crippen LogP contribution >= 0.6 is 15.9 Å². The maximum absolute atomic E-state index is 13.2. The van der Waals surface area contributed by atoms with Crippen molar-refractivity contribution in [3.8, 4) is 5.75 Å². The van der Waals surface area contributed by atoms with Crippen LogP contribution in [0.2, 0.25) is 0 Å². The topological polar surface area (TPSA) is 27.7 Å². The third-order valence-electron chi connectivity index (χ3n) is 1.81. The molecule has 16 heavy (non-hydrogen) atoms. The van der Waals surface area contributed by atoms with Gasteiger partial charge in [0, 0.05) is 11.6 Å². The average Bonchev–Trinajstić information content (AvgIpc) is 2.28. The van der Waals surface area contributed by atoms with Crippen LogP contribution in [0.25, 0.3) is 0 Å². The van der Waals surface area contributed by atoms with E-state index in [2.05, 4.69) is 15.9 Å². The van der Waals surface area contributed by atoms with Crippen molar-refractivity contribution >= 4 is 15.9 Å². The predicted octanol–water partition coefficient (Wildman–Crippen LogP) is 2.63. The van der Waals surface area contributed by atoms with Crippen LogP contribution in [-0.2, 0) is 9.47 Å². The number of methoxy groups -OCH3 is 1. The van der Waals surface area contributed by atoms with Crippen LogP contribution in [0.1, 0.15) is 0 Å². The van der Waals surface area contributed by atoms with Gasteiger partial charge in [0.15, 0.2) is 11.6 Å². The van der Waals surface area contributed by atoms with Gasteiger partial charge < -0.3 is 14.2 Å². The Morgan fingerprint density at radius 2 is 1.94 bits per heavy atom. The minimum absolute atomic E-state index is 0.227. The molecule has 3 nitrogen and oxygen atoms in total. The maximum Gasteiger partial charge on any atom is 0.165 e. The largest absolute Gasteiger partial charge is 0.488 e. The first-order chi connectivity index (χ1) is 7.74. The zero-order chi connectivity index (χ0) is 11.8. The summed E-state index contributed by atoms with van der Waals surface area (Å²) < 4.78 is 29.2. The molecule has 0 bridgehead atoms. The highest BCUT2D eigenvalue weighted by molar-refractivity contribution is 9.10. The number of hydrogen-bond donors (Lipinski definition) is 0. The average molecular weight is 293 g/mol. The summed E-state index contributed by atoms with van der Waals surface area (Å²) in [4.78, 5) is 0. The number of ether oxygens (including phenoxy) is 3. The van der Waals surface area contributed by atoms with E-state index in [4.69, 9.17) is 14.2 Å². The fraction of sp³-hybridized carbons (Fsp3) is 0.455. The maximum atomic E-state index is 13.2. The summed E-state index contributed by atoms with van der Waals surface area (Å²) in [5, 5.41) is 0. The Morgan fingerprint density at radius 1 is 1.19 bits per heavy atom. The van der Waals surface area contributed by atoms with Gasteiger partial charge in [0.25, 0.3) is 0 Å². The first-order valence-corrected chi connectivity index (χ1v) is 5.68. The van der Waals surface area contributed by atoms with Crippen molar-refractivity contribution in [1.29, 1.82) is 0 Å². The number of rotatable bonds is 7. The summed E-state index contributed by atoms with van der Waals surface area (Å²) in [6, 6.07) is 4.56. The van der Waals surface area contributed by atoms with Gasteiger partial charge in [-0.25, -0.2) is 4.39 Å². The zero-order valence-electron chi connectivity index (χ0n) is 9.04. The van der Waals surface area contributed by atoms with Crippen LogP contribution in [0.15, 0.2) is 22.7 Å². The van der Waals surface area contributed by atoms with E-state index in [1.165, 1.54) is 6.07 Å². The van der Waals surface area contributed by atoms with Gasteiger partial charge in [-0.3, -0.25) is 0 Å². The summed E-state index contributed by atoms with van der Waals surface area (Å²) in [6.45, 7) is 1.79. The second kappa shape index (κ2) is 7.60. The molecule has 1 aromatic carbocycles. The minimum atomic E-state index is -0.375. The molecule has 0 saturated carbocycles. The molecule has 5 heteroatoms. The van der Waals surface area contributed by atoms with E-state index in [-0.39, 0.29) is 11.6 Å². The van der Waals surface area contributed by atoms with Gasteiger partial charge in [-0.05, 0) is 18.2 Å². The molecule has 0 heterocycles.